The Kier molecular flexibility index (Phi) is 9.89. The highest BCUT2D eigenvalue weighted by atomic mass is 16.7. The summed E-state index contributed by atoms with van der Waals surface area (Å²) in [5.74, 6) is -4.67. The molecule has 0 radical (unpaired) electrons. The predicted octanol–water partition coefficient (Wildman–Crippen LogP) is -2.93. The Morgan fingerprint density at radius 1 is 1.28 bits per heavy atom. The fourth-order valence-electron chi connectivity index (χ4n) is 3.03. The number of nitrogens with one attached hydrogen (secondary N) is 2. The third-order valence-corrected chi connectivity index (χ3v) is 4.60. The van der Waals surface area contributed by atoms with Crippen LogP contribution in [0.1, 0.15) is 32.6 Å². The van der Waals surface area contributed by atoms with Crippen molar-refractivity contribution in [3.63, 3.8) is 0 Å². The highest BCUT2D eigenvalue weighted by molar-refractivity contribution is 5.76. The first kappa shape index (κ1) is 25.2. The fraction of sp³-hybridized carbons (Fsp3) is 0.824. The van der Waals surface area contributed by atoms with E-state index in [9.17, 15) is 34.8 Å². The number of aliphatic hydroxyl groups excluding tert-OH is 4. The molecule has 168 valence electrons. The summed E-state index contributed by atoms with van der Waals surface area (Å²) in [4.78, 5) is 34.5. The second-order valence-corrected chi connectivity index (χ2v) is 6.86. The molecule has 2 amide bonds. The zero-order valence-electron chi connectivity index (χ0n) is 16.4. The van der Waals surface area contributed by atoms with Gasteiger partial charge in [0.15, 0.2) is 0 Å². The van der Waals surface area contributed by atoms with Crippen LogP contribution in [0.25, 0.3) is 0 Å². The van der Waals surface area contributed by atoms with Gasteiger partial charge in [0.05, 0.1) is 25.4 Å². The molecule has 0 aromatic heterocycles. The molecule has 12 nitrogen and oxygen atoms in total. The molecule has 4 unspecified atom stereocenters. The van der Waals surface area contributed by atoms with Gasteiger partial charge in [0, 0.05) is 26.8 Å². The molecule has 1 aliphatic rings. The third kappa shape index (κ3) is 6.87. The van der Waals surface area contributed by atoms with E-state index in [0.717, 1.165) is 6.92 Å². The molecule has 6 atom stereocenters. The number of amides is 2. The third-order valence-electron chi connectivity index (χ3n) is 4.60. The summed E-state index contributed by atoms with van der Waals surface area (Å²) in [6, 6.07) is -1.24. The number of unbranched alkanes of at least 4 members (excludes halogenated alkanes) is 1. The van der Waals surface area contributed by atoms with Crippen LogP contribution in [-0.4, -0.2) is 99.8 Å². The van der Waals surface area contributed by atoms with E-state index in [1.165, 1.54) is 7.05 Å². The Balaban J connectivity index is 2.96. The average Bonchev–Trinajstić information content (AvgIpc) is 2.67. The molecule has 0 spiro atoms. The summed E-state index contributed by atoms with van der Waals surface area (Å²) in [7, 11) is 1.49. The van der Waals surface area contributed by atoms with E-state index in [4.69, 9.17) is 14.6 Å². The van der Waals surface area contributed by atoms with Crippen LogP contribution >= 0.6 is 0 Å². The monoisotopic (exact) mass is 422 g/mol. The molecule has 12 heteroatoms. The van der Waals surface area contributed by atoms with Crippen molar-refractivity contribution < 1.29 is 49.4 Å². The van der Waals surface area contributed by atoms with Crippen molar-refractivity contribution in [2.75, 3.05) is 20.3 Å². The molecule has 0 bridgehead atoms. The molecule has 7 N–H and O–H groups in total. The Hall–Kier alpha value is -1.83. The number of aliphatic carboxylic acids is 1. The lowest BCUT2D eigenvalue weighted by atomic mass is 9.88. The fourth-order valence-corrected chi connectivity index (χ4v) is 3.03. The van der Waals surface area contributed by atoms with Gasteiger partial charge in [-0.1, -0.05) is 0 Å². The van der Waals surface area contributed by atoms with Gasteiger partial charge in [-0.25, -0.2) is 4.79 Å². The normalized spacial score (nSPS) is 29.0. The molecule has 1 saturated heterocycles. The van der Waals surface area contributed by atoms with Crippen molar-refractivity contribution in [3.05, 3.63) is 0 Å². The molecule has 1 rings (SSSR count). The minimum Gasteiger partial charge on any atom is -0.477 e. The Bertz CT molecular complexity index is 574. The number of rotatable bonds is 11. The number of carbonyl (C=O) groups excluding carboxylic acids is 2. The molecule has 29 heavy (non-hydrogen) atoms. The molecule has 0 saturated carbocycles. The van der Waals surface area contributed by atoms with Gasteiger partial charge < -0.3 is 45.6 Å². The van der Waals surface area contributed by atoms with Crippen LogP contribution in [0.15, 0.2) is 0 Å². The predicted molar refractivity (Wildman–Crippen MR) is 96.4 cm³/mol. The first-order valence-electron chi connectivity index (χ1n) is 9.26. The number of aliphatic hydroxyl groups is 4. The van der Waals surface area contributed by atoms with Gasteiger partial charge in [0.1, 0.15) is 18.3 Å². The van der Waals surface area contributed by atoms with Gasteiger partial charge in [-0.2, -0.15) is 0 Å². The second-order valence-electron chi connectivity index (χ2n) is 6.86. The highest BCUT2D eigenvalue weighted by Gasteiger charge is 2.55. The largest absolute Gasteiger partial charge is 0.477 e. The Morgan fingerprint density at radius 2 is 1.93 bits per heavy atom. The standard InChI is InChI=1S/C17H30N2O10/c1-9(21)19-13-10(22)7-17(16(26)27,28-6-4-3-5-12(24)18-2)29-15(13)14(25)11(23)8-20/h10-11,13-15,20,22-23,25H,3-8H2,1-2H3,(H,18,24)(H,19,21)(H,26,27)/t10?,11-,13?,14-,15?,17?/m1/s1. The first-order chi connectivity index (χ1) is 13.6. The number of hydrogen-bond donors (Lipinski definition) is 7. The van der Waals surface area contributed by atoms with E-state index < -0.39 is 61.1 Å². The van der Waals surface area contributed by atoms with Crippen LogP contribution in [-0.2, 0) is 23.9 Å². The molecular formula is C17H30N2O10. The minimum absolute atomic E-state index is 0.119. The molecular weight excluding hydrogens is 392 g/mol. The van der Waals surface area contributed by atoms with Crippen molar-refractivity contribution in [2.24, 2.45) is 0 Å². The van der Waals surface area contributed by atoms with E-state index in [1.807, 2.05) is 0 Å². The number of carboxylic acids is 1. The van der Waals surface area contributed by atoms with Crippen LogP contribution in [0.3, 0.4) is 0 Å². The van der Waals surface area contributed by atoms with Gasteiger partial charge in [-0.3, -0.25) is 9.59 Å². The van der Waals surface area contributed by atoms with Crippen LogP contribution < -0.4 is 10.6 Å². The summed E-state index contributed by atoms with van der Waals surface area (Å²) >= 11 is 0. The summed E-state index contributed by atoms with van der Waals surface area (Å²) in [6.07, 6.45) is -6.18. The molecule has 1 fully saturated rings. The maximum Gasteiger partial charge on any atom is 0.364 e. The van der Waals surface area contributed by atoms with E-state index in [0.29, 0.717) is 12.8 Å². The quantitative estimate of drug-likeness (QED) is 0.169. The smallest absolute Gasteiger partial charge is 0.364 e. The van der Waals surface area contributed by atoms with Crippen LogP contribution in [0.5, 0.6) is 0 Å². The Labute approximate surface area is 167 Å². The van der Waals surface area contributed by atoms with E-state index in [2.05, 4.69) is 10.6 Å². The summed E-state index contributed by atoms with van der Waals surface area (Å²) in [6.45, 7) is 0.178. The summed E-state index contributed by atoms with van der Waals surface area (Å²) in [5.41, 5.74) is 0. The van der Waals surface area contributed by atoms with Crippen LogP contribution in [0, 0.1) is 0 Å². The van der Waals surface area contributed by atoms with Gasteiger partial charge >= 0.3 is 5.97 Å². The van der Waals surface area contributed by atoms with Gasteiger partial charge in [0.2, 0.25) is 11.8 Å². The molecule has 0 aromatic rings. The molecule has 0 aromatic carbocycles. The topological polar surface area (TPSA) is 195 Å². The lowest BCUT2D eigenvalue weighted by molar-refractivity contribution is -0.311. The SMILES string of the molecule is CNC(=O)CCCCOC1(C(=O)O)CC(O)C(NC(C)=O)C([C@H](O)[C@H](O)CO)O1. The molecule has 1 heterocycles. The summed E-state index contributed by atoms with van der Waals surface area (Å²) < 4.78 is 10.8. The zero-order valence-corrected chi connectivity index (χ0v) is 16.4. The number of hydrogen-bond acceptors (Lipinski definition) is 9. The maximum atomic E-state index is 11.9. The van der Waals surface area contributed by atoms with Gasteiger partial charge in [0.25, 0.3) is 5.79 Å². The van der Waals surface area contributed by atoms with Crippen molar-refractivity contribution >= 4 is 17.8 Å². The summed E-state index contributed by atoms with van der Waals surface area (Å²) in [5, 5.41) is 54.0. The number of carbonyl (C=O) groups is 3. The first-order valence-corrected chi connectivity index (χ1v) is 9.26. The van der Waals surface area contributed by atoms with E-state index in [-0.39, 0.29) is 18.9 Å². The van der Waals surface area contributed by atoms with Crippen molar-refractivity contribution in [3.8, 4) is 0 Å². The van der Waals surface area contributed by atoms with Gasteiger partial charge in [-0.05, 0) is 12.8 Å². The van der Waals surface area contributed by atoms with Crippen molar-refractivity contribution in [2.45, 2.75) is 68.9 Å². The minimum atomic E-state index is -2.35. The van der Waals surface area contributed by atoms with Crippen LogP contribution in [0.2, 0.25) is 0 Å². The van der Waals surface area contributed by atoms with Gasteiger partial charge in [-0.15, -0.1) is 0 Å². The molecule has 1 aliphatic heterocycles. The maximum absolute atomic E-state index is 11.9. The highest BCUT2D eigenvalue weighted by Crippen LogP contribution is 2.33. The van der Waals surface area contributed by atoms with Crippen LogP contribution in [0.4, 0.5) is 0 Å². The lowest BCUT2D eigenvalue weighted by Gasteiger charge is -2.46. The van der Waals surface area contributed by atoms with E-state index >= 15 is 0 Å². The van der Waals surface area contributed by atoms with Crippen molar-refractivity contribution in [1.29, 1.82) is 0 Å². The second kappa shape index (κ2) is 11.4. The van der Waals surface area contributed by atoms with E-state index in [1.54, 1.807) is 0 Å². The van der Waals surface area contributed by atoms with Crippen molar-refractivity contribution in [1.82, 2.24) is 10.6 Å². The Morgan fingerprint density at radius 3 is 2.45 bits per heavy atom. The molecule has 0 aliphatic carbocycles. The number of ether oxygens (including phenoxy) is 2. The lowest BCUT2D eigenvalue weighted by Crippen LogP contribution is -2.67. The zero-order chi connectivity index (χ0) is 22.2. The average molecular weight is 422 g/mol. The number of carboxylic acid groups (broad SMARTS) is 1.